The zero-order valence-corrected chi connectivity index (χ0v) is 28.6. The van der Waals surface area contributed by atoms with E-state index >= 15 is 0 Å². The van der Waals surface area contributed by atoms with E-state index in [4.69, 9.17) is 29.2 Å². The first kappa shape index (κ1) is 38.8. The molecular formula is C35H69NOS2. The van der Waals surface area contributed by atoms with Gasteiger partial charge in [-0.25, -0.2) is 0 Å². The highest BCUT2D eigenvalue weighted by Crippen LogP contribution is 2.23. The van der Waals surface area contributed by atoms with Gasteiger partial charge >= 0.3 is 0 Å². The zero-order valence-electron chi connectivity index (χ0n) is 27.0. The Balaban J connectivity index is 4.09. The van der Waals surface area contributed by atoms with E-state index in [1.807, 2.05) is 6.92 Å². The minimum atomic E-state index is 0.0712. The van der Waals surface area contributed by atoms with Crippen molar-refractivity contribution in [1.29, 1.82) is 0 Å². The van der Waals surface area contributed by atoms with Gasteiger partial charge in [-0.15, -0.1) is 0 Å². The molecule has 39 heavy (non-hydrogen) atoms. The number of rotatable bonds is 30. The van der Waals surface area contributed by atoms with Crippen LogP contribution in [0.5, 0.6) is 0 Å². The lowest BCUT2D eigenvalue weighted by molar-refractivity contribution is 0.197. The van der Waals surface area contributed by atoms with Crippen LogP contribution in [0.3, 0.4) is 0 Å². The lowest BCUT2D eigenvalue weighted by Crippen LogP contribution is -2.32. The molecule has 0 aromatic carbocycles. The smallest absolute Gasteiger partial charge is 0.163 e. The molecule has 1 atom stereocenters. The number of thiocarbonyl (C=S) groups is 2. The first-order valence-corrected chi connectivity index (χ1v) is 18.3. The van der Waals surface area contributed by atoms with Gasteiger partial charge in [-0.3, -0.25) is 0 Å². The Morgan fingerprint density at radius 3 is 1.15 bits per heavy atom. The molecule has 1 N–H and O–H groups in total. The molecule has 0 rings (SSSR count). The van der Waals surface area contributed by atoms with Crippen molar-refractivity contribution in [2.75, 3.05) is 6.54 Å². The van der Waals surface area contributed by atoms with Crippen molar-refractivity contribution >= 4 is 34.5 Å². The van der Waals surface area contributed by atoms with E-state index in [2.05, 4.69) is 26.1 Å². The lowest BCUT2D eigenvalue weighted by Gasteiger charge is -2.22. The van der Waals surface area contributed by atoms with Gasteiger partial charge in [0.15, 0.2) is 5.05 Å². The number of nitrogens with one attached hydrogen (secondary N) is 1. The standard InChI is InChI=1S/C35H69NOS2/c1-5-7-9-11-13-15-17-19-21-23-25-27-29-34(35(39)37-32(3)31-36-33(4)38)30-28-26-24-22-20-18-16-14-12-10-8-6-2/h32,34H,5-31H2,1-4H3,(H,36,38). The number of hydrogen-bond acceptors (Lipinski definition) is 3. The third-order valence-electron chi connectivity index (χ3n) is 8.10. The van der Waals surface area contributed by atoms with Gasteiger partial charge in [-0.05, 0) is 38.9 Å². The predicted molar refractivity (Wildman–Crippen MR) is 184 cm³/mol. The van der Waals surface area contributed by atoms with Gasteiger partial charge in [0.2, 0.25) is 0 Å². The Bertz CT molecular complexity index is 511. The summed E-state index contributed by atoms with van der Waals surface area (Å²) in [5.41, 5.74) is 0. The summed E-state index contributed by atoms with van der Waals surface area (Å²) in [5.74, 6) is 0.433. The highest BCUT2D eigenvalue weighted by molar-refractivity contribution is 7.80. The van der Waals surface area contributed by atoms with Crippen LogP contribution in [0.4, 0.5) is 0 Å². The number of hydrogen-bond donors (Lipinski definition) is 1. The molecule has 0 bridgehead atoms. The van der Waals surface area contributed by atoms with Crippen molar-refractivity contribution in [1.82, 2.24) is 5.32 Å². The quantitative estimate of drug-likeness (QED) is 0.0670. The first-order valence-electron chi connectivity index (χ1n) is 17.5. The molecule has 1 unspecified atom stereocenters. The fourth-order valence-corrected chi connectivity index (χ4v) is 5.95. The molecular weight excluding hydrogens is 515 g/mol. The van der Waals surface area contributed by atoms with Crippen LogP contribution < -0.4 is 5.32 Å². The van der Waals surface area contributed by atoms with E-state index in [1.165, 1.54) is 167 Å². The van der Waals surface area contributed by atoms with E-state index in [0.717, 1.165) is 16.6 Å². The Labute approximate surface area is 257 Å². The second kappa shape index (κ2) is 30.7. The molecule has 0 amide bonds. The Kier molecular flexibility index (Phi) is 30.6. The second-order valence-corrected chi connectivity index (χ2v) is 13.3. The van der Waals surface area contributed by atoms with Crippen LogP contribution in [0.2, 0.25) is 0 Å². The van der Waals surface area contributed by atoms with Crippen molar-refractivity contribution in [3.05, 3.63) is 0 Å². The highest BCUT2D eigenvalue weighted by Gasteiger charge is 2.18. The van der Waals surface area contributed by atoms with Crippen molar-refractivity contribution in [3.63, 3.8) is 0 Å². The topological polar surface area (TPSA) is 21.3 Å². The maximum absolute atomic E-state index is 6.19. The highest BCUT2D eigenvalue weighted by atomic mass is 32.1. The van der Waals surface area contributed by atoms with E-state index in [9.17, 15) is 0 Å². The van der Waals surface area contributed by atoms with Crippen molar-refractivity contribution in [3.8, 4) is 0 Å². The summed E-state index contributed by atoms with van der Waals surface area (Å²) in [6.45, 7) is 9.35. The Morgan fingerprint density at radius 1 is 0.538 bits per heavy atom. The molecule has 0 saturated carbocycles. The average Bonchev–Trinajstić information content (AvgIpc) is 2.91. The van der Waals surface area contributed by atoms with Gasteiger partial charge in [0.1, 0.15) is 6.10 Å². The lowest BCUT2D eigenvalue weighted by atomic mass is 9.94. The summed E-state index contributed by atoms with van der Waals surface area (Å²) in [6.07, 6.45) is 36.0. The van der Waals surface area contributed by atoms with Crippen LogP contribution in [-0.4, -0.2) is 22.7 Å². The molecule has 0 saturated heterocycles. The van der Waals surface area contributed by atoms with E-state index in [1.54, 1.807) is 0 Å². The second-order valence-electron chi connectivity index (χ2n) is 12.2. The van der Waals surface area contributed by atoms with Crippen molar-refractivity contribution < 1.29 is 4.74 Å². The van der Waals surface area contributed by atoms with Crippen LogP contribution in [-0.2, 0) is 4.74 Å². The van der Waals surface area contributed by atoms with Gasteiger partial charge in [0, 0.05) is 5.92 Å². The van der Waals surface area contributed by atoms with E-state index < -0.39 is 0 Å². The monoisotopic (exact) mass is 583 g/mol. The molecule has 0 radical (unpaired) electrons. The molecule has 232 valence electrons. The summed E-state index contributed by atoms with van der Waals surface area (Å²) >= 11 is 11.0. The normalized spacial score (nSPS) is 12.1. The van der Waals surface area contributed by atoms with Crippen LogP contribution in [0.1, 0.15) is 195 Å². The molecule has 4 heteroatoms. The predicted octanol–water partition coefficient (Wildman–Crippen LogP) is 12.5. The molecule has 0 aliphatic rings. The zero-order chi connectivity index (χ0) is 28.8. The maximum atomic E-state index is 6.19. The summed E-state index contributed by atoms with van der Waals surface area (Å²) < 4.78 is 6.19. The molecule has 0 aromatic rings. The number of ether oxygens (including phenoxy) is 1. The van der Waals surface area contributed by atoms with Gasteiger partial charge in [-0.1, -0.05) is 180 Å². The minimum Gasteiger partial charge on any atom is -0.482 e. The molecule has 0 spiro atoms. The summed E-state index contributed by atoms with van der Waals surface area (Å²) in [7, 11) is 0. The average molecular weight is 584 g/mol. The van der Waals surface area contributed by atoms with Crippen LogP contribution in [0.25, 0.3) is 0 Å². The molecule has 0 fully saturated rings. The molecule has 0 heterocycles. The number of unbranched alkanes of at least 4 members (excludes halogenated alkanes) is 22. The SMILES string of the molecule is CCCCCCCCCCCCCCC(CCCCCCCCCCCCCC)C(=S)OC(C)CNC(C)=S. The fourth-order valence-electron chi connectivity index (χ4n) is 5.47. The van der Waals surface area contributed by atoms with Crippen LogP contribution >= 0.6 is 24.4 Å². The van der Waals surface area contributed by atoms with Gasteiger partial charge in [-0.2, -0.15) is 0 Å². The molecule has 2 nitrogen and oxygen atoms in total. The van der Waals surface area contributed by atoms with Crippen LogP contribution in [0.15, 0.2) is 0 Å². The minimum absolute atomic E-state index is 0.0712. The van der Waals surface area contributed by atoms with Gasteiger partial charge in [0.25, 0.3) is 0 Å². The van der Waals surface area contributed by atoms with Gasteiger partial charge in [0.05, 0.1) is 11.5 Å². The summed E-state index contributed by atoms with van der Waals surface area (Å²) in [6, 6.07) is 0. The molecule has 0 aliphatic carbocycles. The largest absolute Gasteiger partial charge is 0.482 e. The first-order chi connectivity index (χ1) is 19.0. The van der Waals surface area contributed by atoms with E-state index in [-0.39, 0.29) is 6.10 Å². The maximum Gasteiger partial charge on any atom is 0.163 e. The molecule has 0 aromatic heterocycles. The Hall–Kier alpha value is -0.220. The fraction of sp³-hybridized carbons (Fsp3) is 0.943. The summed E-state index contributed by atoms with van der Waals surface area (Å²) in [4.78, 5) is 0.820. The Morgan fingerprint density at radius 2 is 0.846 bits per heavy atom. The third kappa shape index (κ3) is 29.1. The summed E-state index contributed by atoms with van der Waals surface area (Å²) in [5, 5.41) is 4.07. The third-order valence-corrected chi connectivity index (χ3v) is 8.68. The van der Waals surface area contributed by atoms with Crippen molar-refractivity contribution in [2.45, 2.75) is 201 Å². The van der Waals surface area contributed by atoms with Crippen LogP contribution in [0, 0.1) is 5.92 Å². The van der Waals surface area contributed by atoms with Gasteiger partial charge < -0.3 is 10.1 Å². The van der Waals surface area contributed by atoms with Crippen molar-refractivity contribution in [2.24, 2.45) is 5.92 Å². The van der Waals surface area contributed by atoms with E-state index in [0.29, 0.717) is 5.92 Å². The molecule has 0 aliphatic heterocycles.